The fraction of sp³-hybridized carbons (Fsp3) is 0.296. The van der Waals surface area contributed by atoms with E-state index in [9.17, 15) is 9.36 Å². The summed E-state index contributed by atoms with van der Waals surface area (Å²) in [7, 11) is -3.32. The van der Waals surface area contributed by atoms with Crippen LogP contribution in [0.5, 0.6) is 0 Å². The fourth-order valence-corrected chi connectivity index (χ4v) is 6.03. The van der Waals surface area contributed by atoms with Gasteiger partial charge in [0, 0.05) is 16.5 Å². The first-order chi connectivity index (χ1) is 15.6. The van der Waals surface area contributed by atoms with Gasteiger partial charge in [0.2, 0.25) is 0 Å². The Balaban J connectivity index is 1.84. The molecule has 0 bridgehead atoms. The molecule has 0 aromatic heterocycles. The molecule has 0 saturated carbocycles. The molecule has 3 aromatic rings. The maximum atomic E-state index is 14.4. The summed E-state index contributed by atoms with van der Waals surface area (Å²) in [5.41, 5.74) is 0.523. The van der Waals surface area contributed by atoms with Crippen molar-refractivity contribution in [3.63, 3.8) is 0 Å². The van der Waals surface area contributed by atoms with Crippen LogP contribution in [-0.2, 0) is 13.8 Å². The van der Waals surface area contributed by atoms with Crippen LogP contribution in [0.2, 0.25) is 0 Å². The third-order valence-corrected chi connectivity index (χ3v) is 8.06. The lowest BCUT2D eigenvalue weighted by molar-refractivity contribution is 0.0270. The summed E-state index contributed by atoms with van der Waals surface area (Å²) in [6.07, 6.45) is 2.04. The smallest absolute Gasteiger partial charge is 0.338 e. The number of hydrogen-bond donors (Lipinski definition) is 0. The lowest BCUT2D eigenvalue weighted by atomic mass is 9.97. The summed E-state index contributed by atoms with van der Waals surface area (Å²) in [6, 6.07) is 27.7. The van der Waals surface area contributed by atoms with Gasteiger partial charge in [0.15, 0.2) is 0 Å². The molecule has 4 nitrogen and oxygen atoms in total. The van der Waals surface area contributed by atoms with E-state index < -0.39 is 7.37 Å². The second-order valence-electron chi connectivity index (χ2n) is 7.79. The van der Waals surface area contributed by atoms with Gasteiger partial charge in [0.25, 0.3) is 7.37 Å². The van der Waals surface area contributed by atoms with Gasteiger partial charge >= 0.3 is 5.97 Å². The average molecular weight is 451 g/mol. The van der Waals surface area contributed by atoms with E-state index in [0.29, 0.717) is 16.2 Å². The normalized spacial score (nSPS) is 13.3. The predicted octanol–water partition coefficient (Wildman–Crippen LogP) is 5.98. The van der Waals surface area contributed by atoms with Crippen molar-refractivity contribution in [1.82, 2.24) is 0 Å². The molecule has 0 radical (unpaired) electrons. The van der Waals surface area contributed by atoms with E-state index >= 15 is 0 Å². The van der Waals surface area contributed by atoms with Crippen molar-refractivity contribution >= 4 is 23.9 Å². The highest BCUT2D eigenvalue weighted by molar-refractivity contribution is 7.74. The molecule has 2 atom stereocenters. The van der Waals surface area contributed by atoms with Gasteiger partial charge in [-0.1, -0.05) is 74.9 Å². The highest BCUT2D eigenvalue weighted by Crippen LogP contribution is 2.47. The molecule has 0 saturated heterocycles. The van der Waals surface area contributed by atoms with Crippen LogP contribution in [0.4, 0.5) is 0 Å². The summed E-state index contributed by atoms with van der Waals surface area (Å²) < 4.78 is 26.5. The number of carbonyl (C=O) groups is 1. The molecule has 0 fully saturated rings. The topological polar surface area (TPSA) is 52.6 Å². The highest BCUT2D eigenvalue weighted by atomic mass is 31.2. The van der Waals surface area contributed by atoms with Crippen molar-refractivity contribution < 1.29 is 18.6 Å². The molecule has 0 heterocycles. The Morgan fingerprint density at radius 2 is 1.31 bits per heavy atom. The number of esters is 1. The standard InChI is InChI=1S/C27H31O4P/c1-3-14-26(22(4-2)21-30-27(28)23-15-8-5-9-16-23)31-32(29,24-17-10-6-11-18-24)25-19-12-7-13-20-25/h5-13,15-20,22,26H,3-4,14,21H2,1-2H3. The third-order valence-electron chi connectivity index (χ3n) is 5.54. The van der Waals surface area contributed by atoms with Crippen molar-refractivity contribution in [2.45, 2.75) is 39.2 Å². The van der Waals surface area contributed by atoms with Crippen LogP contribution in [0, 0.1) is 5.92 Å². The van der Waals surface area contributed by atoms with Crippen molar-refractivity contribution in [2.75, 3.05) is 6.61 Å². The van der Waals surface area contributed by atoms with E-state index in [-0.39, 0.29) is 24.6 Å². The van der Waals surface area contributed by atoms with E-state index in [1.807, 2.05) is 85.8 Å². The quantitative estimate of drug-likeness (QED) is 0.266. The molecule has 0 amide bonds. The molecule has 0 spiro atoms. The SMILES string of the molecule is CCCC(OP(=O)(c1ccccc1)c1ccccc1)C(CC)COC(=O)c1ccccc1. The Morgan fingerprint density at radius 3 is 1.78 bits per heavy atom. The van der Waals surface area contributed by atoms with Crippen LogP contribution in [0.25, 0.3) is 0 Å². The second kappa shape index (κ2) is 11.8. The average Bonchev–Trinajstić information content (AvgIpc) is 2.86. The van der Waals surface area contributed by atoms with E-state index in [1.165, 1.54) is 0 Å². The minimum Gasteiger partial charge on any atom is -0.462 e. The number of rotatable bonds is 11. The molecule has 3 rings (SSSR count). The molecule has 5 heteroatoms. The Morgan fingerprint density at radius 1 is 0.812 bits per heavy atom. The van der Waals surface area contributed by atoms with Crippen LogP contribution in [-0.4, -0.2) is 18.7 Å². The number of carbonyl (C=O) groups excluding carboxylic acids is 1. The lowest BCUT2D eigenvalue weighted by Gasteiger charge is -2.30. The first kappa shape index (κ1) is 24.0. The molecule has 3 aromatic carbocycles. The van der Waals surface area contributed by atoms with Crippen LogP contribution < -0.4 is 10.6 Å². The summed E-state index contributed by atoms with van der Waals surface area (Å²) in [5.74, 6) is -0.419. The van der Waals surface area contributed by atoms with Crippen LogP contribution in [0.1, 0.15) is 43.5 Å². The van der Waals surface area contributed by atoms with E-state index in [2.05, 4.69) is 6.92 Å². The number of hydrogen-bond acceptors (Lipinski definition) is 4. The fourth-order valence-electron chi connectivity index (χ4n) is 3.70. The van der Waals surface area contributed by atoms with E-state index in [0.717, 1.165) is 19.3 Å². The van der Waals surface area contributed by atoms with E-state index in [1.54, 1.807) is 12.1 Å². The molecule has 32 heavy (non-hydrogen) atoms. The largest absolute Gasteiger partial charge is 0.462 e. The summed E-state index contributed by atoms with van der Waals surface area (Å²) >= 11 is 0. The highest BCUT2D eigenvalue weighted by Gasteiger charge is 2.34. The molecule has 0 N–H and O–H groups in total. The number of benzene rings is 3. The van der Waals surface area contributed by atoms with Crippen LogP contribution >= 0.6 is 7.37 Å². The maximum absolute atomic E-state index is 14.4. The molecular formula is C27H31O4P. The van der Waals surface area contributed by atoms with Gasteiger partial charge in [-0.3, -0.25) is 4.57 Å². The van der Waals surface area contributed by atoms with Crippen molar-refractivity contribution in [2.24, 2.45) is 5.92 Å². The Labute approximate surface area is 191 Å². The van der Waals surface area contributed by atoms with Gasteiger partial charge < -0.3 is 9.26 Å². The lowest BCUT2D eigenvalue weighted by Crippen LogP contribution is -2.31. The van der Waals surface area contributed by atoms with Gasteiger partial charge in [-0.05, 0) is 49.2 Å². The molecule has 0 aliphatic rings. The molecule has 0 aliphatic heterocycles. The van der Waals surface area contributed by atoms with Gasteiger partial charge in [0.05, 0.1) is 18.3 Å². The second-order valence-corrected chi connectivity index (χ2v) is 10.1. The van der Waals surface area contributed by atoms with Gasteiger partial charge in [-0.25, -0.2) is 4.79 Å². The summed E-state index contributed by atoms with van der Waals surface area (Å²) in [6.45, 7) is 4.34. The minimum atomic E-state index is -3.32. The Hall–Kier alpha value is -2.68. The molecule has 0 aliphatic carbocycles. The number of ether oxygens (including phenoxy) is 1. The first-order valence-corrected chi connectivity index (χ1v) is 12.8. The van der Waals surface area contributed by atoms with Crippen molar-refractivity contribution in [3.05, 3.63) is 96.6 Å². The molecular weight excluding hydrogens is 419 g/mol. The monoisotopic (exact) mass is 450 g/mol. The zero-order valence-corrected chi connectivity index (χ0v) is 19.6. The molecule has 168 valence electrons. The minimum absolute atomic E-state index is 0.0663. The predicted molar refractivity (Wildman–Crippen MR) is 130 cm³/mol. The van der Waals surface area contributed by atoms with Gasteiger partial charge in [-0.15, -0.1) is 0 Å². The zero-order valence-electron chi connectivity index (χ0n) is 18.7. The zero-order chi connectivity index (χ0) is 22.8. The third kappa shape index (κ3) is 5.97. The Kier molecular flexibility index (Phi) is 8.84. The molecule has 2 unspecified atom stereocenters. The summed E-state index contributed by atoms with van der Waals surface area (Å²) in [5, 5.41) is 1.34. The van der Waals surface area contributed by atoms with Crippen molar-refractivity contribution in [1.29, 1.82) is 0 Å². The van der Waals surface area contributed by atoms with Crippen LogP contribution in [0.3, 0.4) is 0 Å². The van der Waals surface area contributed by atoms with Gasteiger partial charge in [0.1, 0.15) is 0 Å². The van der Waals surface area contributed by atoms with Crippen LogP contribution in [0.15, 0.2) is 91.0 Å². The summed E-state index contributed by atoms with van der Waals surface area (Å²) in [4.78, 5) is 12.5. The van der Waals surface area contributed by atoms with Crippen molar-refractivity contribution in [3.8, 4) is 0 Å². The first-order valence-electron chi connectivity index (χ1n) is 11.2. The Bertz CT molecular complexity index is 962. The van der Waals surface area contributed by atoms with Gasteiger partial charge in [-0.2, -0.15) is 0 Å². The van der Waals surface area contributed by atoms with E-state index in [4.69, 9.17) is 9.26 Å². The maximum Gasteiger partial charge on any atom is 0.338 e.